The van der Waals surface area contributed by atoms with E-state index in [4.69, 9.17) is 5.73 Å². The van der Waals surface area contributed by atoms with Crippen LogP contribution in [0.15, 0.2) is 12.1 Å². The number of hydrogen-bond donors (Lipinski definition) is 2. The van der Waals surface area contributed by atoms with Gasteiger partial charge < -0.3 is 11.1 Å². The van der Waals surface area contributed by atoms with E-state index in [2.05, 4.69) is 5.32 Å². The molecule has 1 aliphatic carbocycles. The molecule has 1 fully saturated rings. The predicted molar refractivity (Wildman–Crippen MR) is 61.3 cm³/mol. The highest BCUT2D eigenvalue weighted by Gasteiger charge is 2.50. The number of nitrogen functional groups attached to an aromatic ring is 1. The first-order chi connectivity index (χ1) is 7.81. The maximum Gasteiger partial charge on any atom is 0.228 e. The van der Waals surface area contributed by atoms with Crippen molar-refractivity contribution >= 4 is 17.3 Å². The van der Waals surface area contributed by atoms with Crippen molar-refractivity contribution in [1.29, 1.82) is 0 Å². The molecule has 0 heterocycles. The summed E-state index contributed by atoms with van der Waals surface area (Å²) in [4.78, 5) is 11.8. The zero-order valence-corrected chi connectivity index (χ0v) is 9.68. The number of nitrogens with one attached hydrogen (secondary N) is 1. The second-order valence-corrected chi connectivity index (χ2v) is 5.09. The van der Waals surface area contributed by atoms with Crippen LogP contribution in [0, 0.1) is 23.0 Å². The van der Waals surface area contributed by atoms with Gasteiger partial charge in [0.1, 0.15) is 11.5 Å². The highest BCUT2D eigenvalue weighted by Crippen LogP contribution is 2.52. The second kappa shape index (κ2) is 3.68. The van der Waals surface area contributed by atoms with Crippen molar-refractivity contribution in [2.24, 2.45) is 11.3 Å². The molecule has 2 rings (SSSR count). The summed E-state index contributed by atoms with van der Waals surface area (Å²) in [6.07, 6.45) is 0.765. The number of carbonyl (C=O) groups is 1. The molecule has 1 unspecified atom stereocenters. The fourth-order valence-electron chi connectivity index (χ4n) is 1.85. The zero-order valence-electron chi connectivity index (χ0n) is 9.68. The molecule has 0 aliphatic heterocycles. The van der Waals surface area contributed by atoms with Crippen molar-refractivity contribution in [3.8, 4) is 0 Å². The third kappa shape index (κ3) is 2.23. The number of halogens is 2. The van der Waals surface area contributed by atoms with E-state index in [-0.39, 0.29) is 28.6 Å². The molecule has 1 aromatic rings. The molecule has 3 N–H and O–H groups in total. The lowest BCUT2D eigenvalue weighted by Crippen LogP contribution is -2.18. The normalized spacial score (nSPS) is 21.1. The highest BCUT2D eigenvalue weighted by atomic mass is 19.1. The molecule has 1 aromatic carbocycles. The molecule has 1 saturated carbocycles. The van der Waals surface area contributed by atoms with E-state index in [9.17, 15) is 13.6 Å². The first-order valence-corrected chi connectivity index (χ1v) is 5.36. The van der Waals surface area contributed by atoms with Gasteiger partial charge in [-0.15, -0.1) is 0 Å². The van der Waals surface area contributed by atoms with E-state index >= 15 is 0 Å². The maximum atomic E-state index is 13.4. The van der Waals surface area contributed by atoms with Crippen molar-refractivity contribution in [2.75, 3.05) is 11.1 Å². The van der Waals surface area contributed by atoms with Crippen molar-refractivity contribution in [3.63, 3.8) is 0 Å². The molecular formula is C12H14F2N2O. The fourth-order valence-corrected chi connectivity index (χ4v) is 1.85. The van der Waals surface area contributed by atoms with Crippen LogP contribution in [-0.4, -0.2) is 5.91 Å². The van der Waals surface area contributed by atoms with Crippen LogP contribution in [0.3, 0.4) is 0 Å². The minimum absolute atomic E-state index is 0.0463. The monoisotopic (exact) mass is 240 g/mol. The number of amides is 1. The van der Waals surface area contributed by atoms with E-state index in [0.29, 0.717) is 6.07 Å². The van der Waals surface area contributed by atoms with Crippen molar-refractivity contribution in [1.82, 2.24) is 0 Å². The largest absolute Gasteiger partial charge is 0.397 e. The Labute approximate surface area is 98.0 Å². The van der Waals surface area contributed by atoms with E-state index < -0.39 is 11.6 Å². The molecule has 0 radical (unpaired) electrons. The summed E-state index contributed by atoms with van der Waals surface area (Å²) in [5.74, 6) is -2.02. The molecular weight excluding hydrogens is 226 g/mol. The highest BCUT2D eigenvalue weighted by molar-refractivity contribution is 5.97. The Bertz CT molecular complexity index is 462. The van der Waals surface area contributed by atoms with Crippen molar-refractivity contribution < 1.29 is 13.6 Å². The molecule has 3 nitrogen and oxygen atoms in total. The lowest BCUT2D eigenvalue weighted by atomic mass is 10.1. The van der Waals surface area contributed by atoms with Crippen LogP contribution in [0.25, 0.3) is 0 Å². The molecule has 0 aromatic heterocycles. The van der Waals surface area contributed by atoms with Gasteiger partial charge in [0, 0.05) is 12.0 Å². The topological polar surface area (TPSA) is 55.1 Å². The zero-order chi connectivity index (χ0) is 12.8. The molecule has 1 aliphatic rings. The maximum absolute atomic E-state index is 13.4. The minimum atomic E-state index is -0.852. The van der Waals surface area contributed by atoms with Crippen molar-refractivity contribution in [3.05, 3.63) is 23.8 Å². The molecule has 92 valence electrons. The third-order valence-corrected chi connectivity index (χ3v) is 3.16. The van der Waals surface area contributed by atoms with Gasteiger partial charge in [0.2, 0.25) is 5.91 Å². The van der Waals surface area contributed by atoms with E-state index in [1.165, 1.54) is 0 Å². The van der Waals surface area contributed by atoms with Crippen LogP contribution in [-0.2, 0) is 4.79 Å². The van der Waals surface area contributed by atoms with Crippen LogP contribution in [0.4, 0.5) is 20.2 Å². The SMILES string of the molecule is CC1(C)CC1C(=O)Nc1c(N)cc(F)cc1F. The quantitative estimate of drug-likeness (QED) is 0.780. The van der Waals surface area contributed by atoms with Gasteiger partial charge in [-0.05, 0) is 17.9 Å². The number of nitrogens with two attached hydrogens (primary N) is 1. The summed E-state index contributed by atoms with van der Waals surface area (Å²) in [5.41, 5.74) is 5.18. The lowest BCUT2D eigenvalue weighted by Gasteiger charge is -2.10. The average molecular weight is 240 g/mol. The minimum Gasteiger partial charge on any atom is -0.397 e. The van der Waals surface area contributed by atoms with Crippen LogP contribution >= 0.6 is 0 Å². The second-order valence-electron chi connectivity index (χ2n) is 5.09. The molecule has 1 amide bonds. The Hall–Kier alpha value is -1.65. The molecule has 5 heteroatoms. The summed E-state index contributed by atoms with van der Waals surface area (Å²) in [6.45, 7) is 3.92. The standard InChI is InChI=1S/C12H14F2N2O/c1-12(2)5-7(12)11(17)16-10-8(14)3-6(13)4-9(10)15/h3-4,7H,5,15H2,1-2H3,(H,16,17). The molecule has 0 bridgehead atoms. The van der Waals surface area contributed by atoms with Gasteiger partial charge in [0.15, 0.2) is 5.82 Å². The van der Waals surface area contributed by atoms with Gasteiger partial charge >= 0.3 is 0 Å². The Balaban J connectivity index is 2.17. The summed E-state index contributed by atoms with van der Waals surface area (Å²) < 4.78 is 26.2. The average Bonchev–Trinajstić information content (AvgIpc) is 2.81. The smallest absolute Gasteiger partial charge is 0.228 e. The van der Waals surface area contributed by atoms with Gasteiger partial charge in [-0.1, -0.05) is 13.8 Å². The Morgan fingerprint density at radius 2 is 2.06 bits per heavy atom. The predicted octanol–water partition coefficient (Wildman–Crippen LogP) is 2.53. The number of hydrogen-bond acceptors (Lipinski definition) is 2. The number of anilines is 2. The summed E-state index contributed by atoms with van der Waals surface area (Å²) in [5, 5.41) is 2.42. The summed E-state index contributed by atoms with van der Waals surface area (Å²) in [6, 6.07) is 1.68. The van der Waals surface area contributed by atoms with Gasteiger partial charge in [0.25, 0.3) is 0 Å². The summed E-state index contributed by atoms with van der Waals surface area (Å²) in [7, 11) is 0. The van der Waals surface area contributed by atoms with Gasteiger partial charge in [-0.3, -0.25) is 4.79 Å². The summed E-state index contributed by atoms with van der Waals surface area (Å²) >= 11 is 0. The lowest BCUT2D eigenvalue weighted by molar-refractivity contribution is -0.118. The first-order valence-electron chi connectivity index (χ1n) is 5.36. The van der Waals surface area contributed by atoms with Gasteiger partial charge in [0.05, 0.1) is 5.69 Å². The Morgan fingerprint density at radius 3 is 2.53 bits per heavy atom. The molecule has 0 spiro atoms. The van der Waals surface area contributed by atoms with E-state index in [0.717, 1.165) is 12.5 Å². The van der Waals surface area contributed by atoms with Crippen LogP contribution < -0.4 is 11.1 Å². The number of rotatable bonds is 2. The molecule has 1 atom stereocenters. The number of carbonyl (C=O) groups excluding carboxylic acids is 1. The number of benzene rings is 1. The Morgan fingerprint density at radius 1 is 1.47 bits per heavy atom. The molecule has 17 heavy (non-hydrogen) atoms. The fraction of sp³-hybridized carbons (Fsp3) is 0.417. The van der Waals surface area contributed by atoms with Crippen LogP contribution in [0.1, 0.15) is 20.3 Å². The van der Waals surface area contributed by atoms with Crippen molar-refractivity contribution in [2.45, 2.75) is 20.3 Å². The van der Waals surface area contributed by atoms with Gasteiger partial charge in [-0.25, -0.2) is 8.78 Å². The van der Waals surface area contributed by atoms with E-state index in [1.807, 2.05) is 13.8 Å². The molecule has 0 saturated heterocycles. The van der Waals surface area contributed by atoms with Crippen LogP contribution in [0.2, 0.25) is 0 Å². The first kappa shape index (κ1) is 11.8. The van der Waals surface area contributed by atoms with Crippen LogP contribution in [0.5, 0.6) is 0 Å². The van der Waals surface area contributed by atoms with Gasteiger partial charge in [-0.2, -0.15) is 0 Å². The third-order valence-electron chi connectivity index (χ3n) is 3.16. The Kier molecular flexibility index (Phi) is 2.56. The van der Waals surface area contributed by atoms with E-state index in [1.54, 1.807) is 0 Å².